The summed E-state index contributed by atoms with van der Waals surface area (Å²) in [7, 11) is 0. The van der Waals surface area contributed by atoms with Gasteiger partial charge in [-0.25, -0.2) is 9.50 Å². The van der Waals surface area contributed by atoms with E-state index < -0.39 is 0 Å². The predicted molar refractivity (Wildman–Crippen MR) is 107 cm³/mol. The summed E-state index contributed by atoms with van der Waals surface area (Å²) in [6.07, 6.45) is 3.95. The third-order valence-electron chi connectivity index (χ3n) is 5.94. The summed E-state index contributed by atoms with van der Waals surface area (Å²) < 4.78 is 1.93. The van der Waals surface area contributed by atoms with E-state index in [1.165, 1.54) is 40.6 Å². The molecule has 0 spiro atoms. The van der Waals surface area contributed by atoms with Crippen molar-refractivity contribution in [2.45, 2.75) is 39.5 Å². The zero-order valence-corrected chi connectivity index (χ0v) is 16.0. The molecular weight excluding hydrogens is 336 g/mol. The fourth-order valence-corrected chi connectivity index (χ4v) is 4.43. The van der Waals surface area contributed by atoms with E-state index in [1.54, 1.807) is 6.33 Å². The summed E-state index contributed by atoms with van der Waals surface area (Å²) in [5.74, 6) is 0.567. The minimum Gasteiger partial charge on any atom is -0.317 e. The average molecular weight is 360 g/mol. The van der Waals surface area contributed by atoms with Gasteiger partial charge >= 0.3 is 0 Å². The Morgan fingerprint density at radius 2 is 1.81 bits per heavy atom. The first kappa shape index (κ1) is 16.4. The highest BCUT2D eigenvalue weighted by molar-refractivity contribution is 5.89. The maximum atomic E-state index is 4.65. The van der Waals surface area contributed by atoms with Crippen molar-refractivity contribution < 1.29 is 0 Å². The number of H-pyrrole nitrogens is 1. The standard InChI is InChI=1S/C21H24N6/c1-12-8-18-19(25-26-20(18)15-4-6-22-7-5-15)10-16(12)17-9-13(2)21-23-11-24-27(21)14(17)3/h8-11,15,22H,4-7H2,1-3H3,(H,25,26). The van der Waals surface area contributed by atoms with Crippen LogP contribution in [-0.2, 0) is 0 Å². The molecule has 1 aliphatic heterocycles. The van der Waals surface area contributed by atoms with Gasteiger partial charge in [-0.2, -0.15) is 10.2 Å². The van der Waals surface area contributed by atoms with Gasteiger partial charge in [0.25, 0.3) is 0 Å². The molecule has 0 atom stereocenters. The molecule has 0 radical (unpaired) electrons. The van der Waals surface area contributed by atoms with Crippen LogP contribution in [0.15, 0.2) is 24.5 Å². The number of aromatic amines is 1. The lowest BCUT2D eigenvalue weighted by molar-refractivity contribution is 0.454. The SMILES string of the molecule is Cc1cc2c(C3CCNCC3)[nH]nc2cc1-c1cc(C)c2ncnn2c1C. The molecule has 0 saturated carbocycles. The van der Waals surface area contributed by atoms with E-state index in [0.29, 0.717) is 5.92 Å². The normalized spacial score (nSPS) is 15.8. The smallest absolute Gasteiger partial charge is 0.158 e. The molecule has 4 aromatic rings. The van der Waals surface area contributed by atoms with Crippen molar-refractivity contribution in [2.24, 2.45) is 0 Å². The van der Waals surface area contributed by atoms with Gasteiger partial charge in [0.2, 0.25) is 0 Å². The molecule has 1 fully saturated rings. The Morgan fingerprint density at radius 1 is 1.00 bits per heavy atom. The van der Waals surface area contributed by atoms with E-state index in [1.807, 2.05) is 4.52 Å². The fraction of sp³-hybridized carbons (Fsp3) is 0.381. The molecule has 6 nitrogen and oxygen atoms in total. The van der Waals surface area contributed by atoms with Crippen LogP contribution in [0.25, 0.3) is 27.7 Å². The Balaban J connectivity index is 1.67. The lowest BCUT2D eigenvalue weighted by Gasteiger charge is -2.21. The Morgan fingerprint density at radius 3 is 2.63 bits per heavy atom. The quantitative estimate of drug-likeness (QED) is 0.572. The van der Waals surface area contributed by atoms with Gasteiger partial charge in [-0.15, -0.1) is 0 Å². The van der Waals surface area contributed by atoms with Crippen LogP contribution in [0, 0.1) is 20.8 Å². The summed E-state index contributed by atoms with van der Waals surface area (Å²) in [6, 6.07) is 6.73. The number of piperidine rings is 1. The van der Waals surface area contributed by atoms with Gasteiger partial charge in [0.05, 0.1) is 5.52 Å². The maximum Gasteiger partial charge on any atom is 0.158 e. The van der Waals surface area contributed by atoms with Crippen LogP contribution in [-0.4, -0.2) is 37.9 Å². The molecule has 1 aliphatic rings. The molecule has 2 N–H and O–H groups in total. The first-order chi connectivity index (χ1) is 13.1. The van der Waals surface area contributed by atoms with Crippen LogP contribution in [0.5, 0.6) is 0 Å². The van der Waals surface area contributed by atoms with Gasteiger partial charge in [-0.1, -0.05) is 0 Å². The summed E-state index contributed by atoms with van der Waals surface area (Å²) in [6.45, 7) is 8.54. The van der Waals surface area contributed by atoms with Gasteiger partial charge in [-0.05, 0) is 81.6 Å². The lowest BCUT2D eigenvalue weighted by Crippen LogP contribution is -2.26. The number of fused-ring (bicyclic) bond motifs is 2. The predicted octanol–water partition coefficient (Wildman–Crippen LogP) is 3.66. The Kier molecular flexibility index (Phi) is 3.75. The second-order valence-electron chi connectivity index (χ2n) is 7.67. The molecule has 0 bridgehead atoms. The number of hydrogen-bond acceptors (Lipinski definition) is 4. The molecule has 1 saturated heterocycles. The molecular formula is C21H24N6. The van der Waals surface area contributed by atoms with Crippen molar-refractivity contribution >= 4 is 16.6 Å². The van der Waals surface area contributed by atoms with Crippen molar-refractivity contribution in [3.63, 3.8) is 0 Å². The summed E-state index contributed by atoms with van der Waals surface area (Å²) >= 11 is 0. The van der Waals surface area contributed by atoms with E-state index in [4.69, 9.17) is 0 Å². The van der Waals surface area contributed by atoms with Crippen LogP contribution < -0.4 is 5.32 Å². The molecule has 6 heteroatoms. The molecule has 138 valence electrons. The lowest BCUT2D eigenvalue weighted by atomic mass is 9.90. The number of nitrogens with one attached hydrogen (secondary N) is 2. The first-order valence-corrected chi connectivity index (χ1v) is 9.63. The third kappa shape index (κ3) is 2.55. The zero-order chi connectivity index (χ0) is 18.5. The molecule has 3 aromatic heterocycles. The van der Waals surface area contributed by atoms with Crippen LogP contribution in [0.1, 0.15) is 41.3 Å². The monoisotopic (exact) mass is 360 g/mol. The van der Waals surface area contributed by atoms with E-state index in [-0.39, 0.29) is 0 Å². The minimum atomic E-state index is 0.567. The van der Waals surface area contributed by atoms with E-state index in [0.717, 1.165) is 35.5 Å². The fourth-order valence-electron chi connectivity index (χ4n) is 4.43. The van der Waals surface area contributed by atoms with E-state index in [2.05, 4.69) is 64.6 Å². The van der Waals surface area contributed by atoms with Gasteiger partial charge in [0.1, 0.15) is 6.33 Å². The van der Waals surface area contributed by atoms with Crippen LogP contribution >= 0.6 is 0 Å². The average Bonchev–Trinajstić information content (AvgIpc) is 3.32. The number of nitrogens with zero attached hydrogens (tertiary/aromatic N) is 4. The largest absolute Gasteiger partial charge is 0.317 e. The molecule has 5 rings (SSSR count). The van der Waals surface area contributed by atoms with Crippen molar-refractivity contribution in [3.8, 4) is 11.1 Å². The molecule has 4 heterocycles. The second-order valence-corrected chi connectivity index (χ2v) is 7.67. The second kappa shape index (κ2) is 6.16. The summed E-state index contributed by atoms with van der Waals surface area (Å²) in [5.41, 5.74) is 9.15. The Labute approximate surface area is 158 Å². The van der Waals surface area contributed by atoms with Gasteiger partial charge in [0, 0.05) is 28.3 Å². The van der Waals surface area contributed by atoms with Crippen molar-refractivity contribution in [2.75, 3.05) is 13.1 Å². The Hall–Kier alpha value is -2.73. The molecule has 27 heavy (non-hydrogen) atoms. The van der Waals surface area contributed by atoms with Crippen LogP contribution in [0.3, 0.4) is 0 Å². The van der Waals surface area contributed by atoms with Crippen molar-refractivity contribution in [3.05, 3.63) is 47.0 Å². The van der Waals surface area contributed by atoms with E-state index in [9.17, 15) is 0 Å². The highest BCUT2D eigenvalue weighted by atomic mass is 15.3. The van der Waals surface area contributed by atoms with E-state index >= 15 is 0 Å². The number of hydrogen-bond donors (Lipinski definition) is 2. The number of benzene rings is 1. The number of aromatic nitrogens is 5. The van der Waals surface area contributed by atoms with Crippen LogP contribution in [0.2, 0.25) is 0 Å². The molecule has 0 amide bonds. The topological polar surface area (TPSA) is 70.9 Å². The number of rotatable bonds is 2. The van der Waals surface area contributed by atoms with Gasteiger partial charge in [-0.3, -0.25) is 5.10 Å². The summed E-state index contributed by atoms with van der Waals surface area (Å²) in [4.78, 5) is 4.37. The molecule has 0 aliphatic carbocycles. The number of pyridine rings is 1. The highest BCUT2D eigenvalue weighted by Crippen LogP contribution is 2.35. The molecule has 1 aromatic carbocycles. The maximum absolute atomic E-state index is 4.65. The zero-order valence-electron chi connectivity index (χ0n) is 16.0. The number of aryl methyl sites for hydroxylation is 3. The van der Waals surface area contributed by atoms with Crippen molar-refractivity contribution in [1.29, 1.82) is 0 Å². The van der Waals surface area contributed by atoms with Gasteiger partial charge in [0.15, 0.2) is 5.65 Å². The Bertz CT molecular complexity index is 1150. The van der Waals surface area contributed by atoms with Crippen LogP contribution in [0.4, 0.5) is 0 Å². The minimum absolute atomic E-state index is 0.567. The molecule has 0 unspecified atom stereocenters. The third-order valence-corrected chi connectivity index (χ3v) is 5.94. The first-order valence-electron chi connectivity index (χ1n) is 9.63. The van der Waals surface area contributed by atoms with Crippen molar-refractivity contribution in [1.82, 2.24) is 30.1 Å². The van der Waals surface area contributed by atoms with Gasteiger partial charge < -0.3 is 5.32 Å². The summed E-state index contributed by atoms with van der Waals surface area (Å²) in [5, 5.41) is 17.1. The highest BCUT2D eigenvalue weighted by Gasteiger charge is 2.21.